The molecule has 0 unspecified atom stereocenters. The Kier molecular flexibility index (Phi) is 5.12. The summed E-state index contributed by atoms with van der Waals surface area (Å²) in [6.45, 7) is 1.16. The van der Waals surface area contributed by atoms with Crippen molar-refractivity contribution in [1.29, 1.82) is 0 Å². The van der Waals surface area contributed by atoms with E-state index in [2.05, 4.69) is 10.5 Å². The van der Waals surface area contributed by atoms with Crippen LogP contribution in [-0.2, 0) is 19.4 Å². The molecular weight excluding hydrogens is 454 g/mol. The van der Waals surface area contributed by atoms with Gasteiger partial charge in [0, 0.05) is 11.8 Å². The highest BCUT2D eigenvalue weighted by Crippen LogP contribution is 2.45. The molecule has 4 rings (SSSR count). The molecule has 0 aliphatic carbocycles. The summed E-state index contributed by atoms with van der Waals surface area (Å²) >= 11 is 0. The lowest BCUT2D eigenvalue weighted by Gasteiger charge is -2.35. The molecule has 0 radical (unpaired) electrons. The summed E-state index contributed by atoms with van der Waals surface area (Å²) in [4.78, 5) is 36.7. The van der Waals surface area contributed by atoms with Crippen molar-refractivity contribution in [2.24, 2.45) is 5.10 Å². The van der Waals surface area contributed by atoms with Gasteiger partial charge in [-0.2, -0.15) is 5.10 Å². The number of fused-ring (bicyclic) bond motifs is 1. The Balaban J connectivity index is 1.51. The van der Waals surface area contributed by atoms with E-state index in [-0.39, 0.29) is 23.5 Å². The summed E-state index contributed by atoms with van der Waals surface area (Å²) in [5.74, 6) is -3.27. The number of carbonyl (C=O) groups excluding carboxylic acids is 2. The van der Waals surface area contributed by atoms with Gasteiger partial charge in [0.05, 0.1) is 6.42 Å². The quantitative estimate of drug-likeness (QED) is 0.212. The highest BCUT2D eigenvalue weighted by atomic mass is 32.2. The number of hydrazone groups is 1. The fraction of sp³-hybridized carbons (Fsp3) is 0.238. The molecule has 2 saturated heterocycles. The standard InChI is InChI=1S/C21H19N3O8S/c1-21(18(20(29)30)24-16(27)9-17(24)33(21,31)32)10-22-23-19(28)12-4-2-11(3-5-12)13-6-7-14(25)15(26)8-13/h2-8,10,17-18,25-26H,9H2,1H3,(H,23,28)(H,29,30)/b22-10+/t17-,18+,21+/m1/s1. The molecule has 2 heterocycles. The fourth-order valence-electron chi connectivity index (χ4n) is 4.00. The topological polar surface area (TPSA) is 174 Å². The number of amides is 2. The van der Waals surface area contributed by atoms with Crippen molar-refractivity contribution in [2.45, 2.75) is 29.5 Å². The van der Waals surface area contributed by atoms with Crippen LogP contribution in [0.25, 0.3) is 11.1 Å². The molecule has 12 heteroatoms. The minimum absolute atomic E-state index is 0.187. The fourth-order valence-corrected chi connectivity index (χ4v) is 6.22. The van der Waals surface area contributed by atoms with E-state index in [1.54, 1.807) is 18.2 Å². The lowest BCUT2D eigenvalue weighted by atomic mass is 9.97. The van der Waals surface area contributed by atoms with E-state index in [1.165, 1.54) is 24.3 Å². The molecule has 2 amide bonds. The predicted octanol–water partition coefficient (Wildman–Crippen LogP) is 0.679. The second-order valence-electron chi connectivity index (χ2n) is 7.91. The van der Waals surface area contributed by atoms with Crippen molar-refractivity contribution in [3.8, 4) is 22.6 Å². The number of phenols is 2. The number of nitrogens with one attached hydrogen (secondary N) is 1. The highest BCUT2D eigenvalue weighted by Gasteiger charge is 2.69. The first-order valence-corrected chi connectivity index (χ1v) is 11.3. The SMILES string of the molecule is C[C@]1(/C=N/NC(=O)c2ccc(-c3ccc(O)c(O)c3)cc2)[C@H](C(=O)O)N2C(=O)C[C@H]2S1(=O)=O. The largest absolute Gasteiger partial charge is 0.504 e. The Labute approximate surface area is 187 Å². The van der Waals surface area contributed by atoms with Gasteiger partial charge in [-0.25, -0.2) is 18.6 Å². The van der Waals surface area contributed by atoms with Gasteiger partial charge in [0.25, 0.3) is 5.91 Å². The van der Waals surface area contributed by atoms with E-state index in [1.807, 2.05) is 0 Å². The second kappa shape index (κ2) is 7.59. The van der Waals surface area contributed by atoms with Crippen molar-refractivity contribution in [2.75, 3.05) is 0 Å². The van der Waals surface area contributed by atoms with Gasteiger partial charge in [0.15, 0.2) is 27.4 Å². The van der Waals surface area contributed by atoms with E-state index in [0.29, 0.717) is 11.1 Å². The van der Waals surface area contributed by atoms with Crippen LogP contribution in [0.3, 0.4) is 0 Å². The number of sulfone groups is 1. The van der Waals surface area contributed by atoms with Crippen LogP contribution in [0.1, 0.15) is 23.7 Å². The number of benzene rings is 2. The number of nitrogens with zero attached hydrogens (tertiary/aromatic N) is 2. The normalized spacial score (nSPS) is 25.5. The van der Waals surface area contributed by atoms with E-state index < -0.39 is 43.8 Å². The Morgan fingerprint density at radius 1 is 1.12 bits per heavy atom. The van der Waals surface area contributed by atoms with Crippen LogP contribution >= 0.6 is 0 Å². The van der Waals surface area contributed by atoms with Gasteiger partial charge in [0.1, 0.15) is 10.1 Å². The minimum Gasteiger partial charge on any atom is -0.504 e. The zero-order valence-corrected chi connectivity index (χ0v) is 18.0. The highest BCUT2D eigenvalue weighted by molar-refractivity contribution is 7.94. The lowest BCUT2D eigenvalue weighted by molar-refractivity contribution is -0.156. The molecule has 11 nitrogen and oxygen atoms in total. The third kappa shape index (κ3) is 3.39. The Morgan fingerprint density at radius 2 is 1.76 bits per heavy atom. The molecule has 0 saturated carbocycles. The van der Waals surface area contributed by atoms with Crippen molar-refractivity contribution in [3.63, 3.8) is 0 Å². The average molecular weight is 473 g/mol. The molecule has 2 aliphatic rings. The van der Waals surface area contributed by atoms with Crippen LogP contribution in [0.5, 0.6) is 11.5 Å². The second-order valence-corrected chi connectivity index (χ2v) is 10.4. The molecule has 3 atom stereocenters. The predicted molar refractivity (Wildman–Crippen MR) is 115 cm³/mol. The summed E-state index contributed by atoms with van der Waals surface area (Å²) in [6.07, 6.45) is 0.561. The molecule has 2 aromatic carbocycles. The van der Waals surface area contributed by atoms with Crippen molar-refractivity contribution in [1.82, 2.24) is 10.3 Å². The minimum atomic E-state index is -4.07. The first-order chi connectivity index (χ1) is 15.5. The maximum Gasteiger partial charge on any atom is 0.328 e. The van der Waals surface area contributed by atoms with Crippen molar-refractivity contribution >= 4 is 33.8 Å². The van der Waals surface area contributed by atoms with E-state index in [0.717, 1.165) is 18.0 Å². The van der Waals surface area contributed by atoms with Gasteiger partial charge in [-0.05, 0) is 42.3 Å². The molecular formula is C21H19N3O8S. The molecule has 0 bridgehead atoms. The van der Waals surface area contributed by atoms with Crippen LogP contribution in [0, 0.1) is 0 Å². The van der Waals surface area contributed by atoms with Gasteiger partial charge in [-0.1, -0.05) is 18.2 Å². The number of β-lactam (4-membered cyclic amide) rings is 1. The van der Waals surface area contributed by atoms with Gasteiger partial charge < -0.3 is 20.2 Å². The van der Waals surface area contributed by atoms with Crippen LogP contribution in [-0.4, -0.2) is 68.8 Å². The van der Waals surface area contributed by atoms with Gasteiger partial charge in [0.2, 0.25) is 5.91 Å². The Hall–Kier alpha value is -3.93. The molecule has 33 heavy (non-hydrogen) atoms. The molecule has 172 valence electrons. The maximum absolute atomic E-state index is 12.8. The van der Waals surface area contributed by atoms with Gasteiger partial charge in [-0.3, -0.25) is 9.59 Å². The lowest BCUT2D eigenvalue weighted by Crippen LogP contribution is -2.57. The summed E-state index contributed by atoms with van der Waals surface area (Å²) in [5.41, 5.74) is 3.63. The molecule has 0 spiro atoms. The number of aromatic hydroxyl groups is 2. The molecule has 0 aromatic heterocycles. The monoisotopic (exact) mass is 473 g/mol. The average Bonchev–Trinajstić information content (AvgIpc) is 2.90. The molecule has 2 fully saturated rings. The number of carboxylic acid groups (broad SMARTS) is 1. The van der Waals surface area contributed by atoms with Gasteiger partial charge in [-0.15, -0.1) is 0 Å². The Bertz CT molecular complexity index is 1310. The van der Waals surface area contributed by atoms with Crippen LogP contribution in [0.4, 0.5) is 0 Å². The number of aliphatic carboxylic acids is 1. The third-order valence-corrected chi connectivity index (χ3v) is 8.58. The van der Waals surface area contributed by atoms with E-state index in [9.17, 15) is 38.1 Å². The number of hydrogen-bond acceptors (Lipinski definition) is 8. The van der Waals surface area contributed by atoms with Crippen molar-refractivity contribution in [3.05, 3.63) is 48.0 Å². The third-order valence-electron chi connectivity index (χ3n) is 5.92. The number of rotatable bonds is 5. The summed E-state index contributed by atoms with van der Waals surface area (Å²) in [6, 6.07) is 8.79. The van der Waals surface area contributed by atoms with Gasteiger partial charge >= 0.3 is 5.97 Å². The van der Waals surface area contributed by atoms with E-state index in [4.69, 9.17) is 0 Å². The number of carboxylic acids is 1. The first-order valence-electron chi connectivity index (χ1n) is 9.72. The zero-order chi connectivity index (χ0) is 24.1. The Morgan fingerprint density at radius 3 is 2.33 bits per heavy atom. The smallest absolute Gasteiger partial charge is 0.328 e. The summed E-state index contributed by atoms with van der Waals surface area (Å²) < 4.78 is 23.6. The first kappa shape index (κ1) is 22.3. The van der Waals surface area contributed by atoms with E-state index >= 15 is 0 Å². The van der Waals surface area contributed by atoms with Crippen LogP contribution in [0.2, 0.25) is 0 Å². The summed E-state index contributed by atoms with van der Waals surface area (Å²) in [5, 5.41) is 31.0. The molecule has 2 aliphatic heterocycles. The number of hydrogen-bond donors (Lipinski definition) is 4. The van der Waals surface area contributed by atoms with Crippen LogP contribution < -0.4 is 5.43 Å². The molecule has 2 aromatic rings. The number of phenolic OH excluding ortho intramolecular Hbond substituents is 2. The number of carbonyl (C=O) groups is 3. The maximum atomic E-state index is 12.8. The van der Waals surface area contributed by atoms with Crippen molar-refractivity contribution < 1.29 is 38.1 Å². The van der Waals surface area contributed by atoms with Crippen LogP contribution in [0.15, 0.2) is 47.6 Å². The molecule has 4 N–H and O–H groups in total. The summed E-state index contributed by atoms with van der Waals surface area (Å²) in [7, 11) is -4.07. The zero-order valence-electron chi connectivity index (χ0n) is 17.2.